The average molecular weight is 528 g/mol. The first kappa shape index (κ1) is 24.0. The molecule has 5 nitrogen and oxygen atoms in total. The van der Waals surface area contributed by atoms with Crippen LogP contribution in [-0.2, 0) is 0 Å². The number of nitrogens with zero attached hydrogens (tertiary/aromatic N) is 4. The molecular weight excluding hydrogens is 498 g/mol. The van der Waals surface area contributed by atoms with Gasteiger partial charge in [0.2, 0.25) is 0 Å². The molecule has 0 aliphatic carbocycles. The van der Waals surface area contributed by atoms with Crippen LogP contribution in [0.5, 0.6) is 0 Å². The maximum Gasteiger partial charge on any atom is 0.174 e. The Morgan fingerprint density at radius 2 is 1.70 bits per heavy atom. The number of rotatable bonds is 5. The summed E-state index contributed by atoms with van der Waals surface area (Å²) in [5, 5.41) is 4.99. The van der Waals surface area contributed by atoms with Crippen molar-refractivity contribution < 1.29 is 0 Å². The zero-order valence-electron chi connectivity index (χ0n) is 20.8. The van der Waals surface area contributed by atoms with Gasteiger partial charge in [-0.15, -0.1) is 0 Å². The summed E-state index contributed by atoms with van der Waals surface area (Å²) < 4.78 is 2.23. The fourth-order valence-corrected chi connectivity index (χ4v) is 6.18. The highest BCUT2D eigenvalue weighted by molar-refractivity contribution is 7.80. The lowest BCUT2D eigenvalue weighted by molar-refractivity contribution is 0.438. The molecule has 0 unspecified atom stereocenters. The molecule has 0 spiro atoms. The van der Waals surface area contributed by atoms with Crippen LogP contribution >= 0.6 is 23.8 Å². The monoisotopic (exact) mass is 527 g/mol. The van der Waals surface area contributed by atoms with E-state index in [2.05, 4.69) is 93.5 Å². The van der Waals surface area contributed by atoms with E-state index in [9.17, 15) is 0 Å². The molecule has 4 aromatic rings. The standard InChI is InChI=1S/C30H30ClN5S/c1-21-14-18-34(19-15-21)26-13-12-23(20-24(26)31)36-29(28(33-30(36)37)25-10-5-6-16-32-25)27-11-7-17-35(27)22-8-3-2-4-9-22/h2-13,16-17,20-21,28-29H,14-15,18-19H2,1H3,(H,33,37)/t28-,29+/m1/s1. The molecule has 2 saturated heterocycles. The van der Waals surface area contributed by atoms with E-state index < -0.39 is 0 Å². The molecule has 7 heteroatoms. The average Bonchev–Trinajstić information content (AvgIpc) is 3.54. The summed E-state index contributed by atoms with van der Waals surface area (Å²) in [4.78, 5) is 9.29. The summed E-state index contributed by atoms with van der Waals surface area (Å²) in [6, 6.07) is 26.8. The van der Waals surface area contributed by atoms with Crippen molar-refractivity contribution in [1.29, 1.82) is 0 Å². The minimum Gasteiger partial charge on any atom is -0.370 e. The third kappa shape index (κ3) is 4.60. The zero-order valence-corrected chi connectivity index (χ0v) is 22.4. The van der Waals surface area contributed by atoms with E-state index in [1.54, 1.807) is 0 Å². The number of thiocarbonyl (C=S) groups is 1. The molecule has 6 rings (SSSR count). The van der Waals surface area contributed by atoms with Crippen LogP contribution in [0.2, 0.25) is 5.02 Å². The number of halogens is 1. The highest BCUT2D eigenvalue weighted by atomic mass is 35.5. The van der Waals surface area contributed by atoms with Crippen molar-refractivity contribution in [2.45, 2.75) is 31.8 Å². The number of piperidine rings is 1. The van der Waals surface area contributed by atoms with E-state index in [4.69, 9.17) is 28.8 Å². The second-order valence-electron chi connectivity index (χ2n) is 9.94. The Bertz CT molecular complexity index is 1380. The number of hydrogen-bond acceptors (Lipinski definition) is 3. The van der Waals surface area contributed by atoms with Gasteiger partial charge in [-0.25, -0.2) is 0 Å². The lowest BCUT2D eigenvalue weighted by Gasteiger charge is -2.33. The Morgan fingerprint density at radius 3 is 2.43 bits per heavy atom. The van der Waals surface area contributed by atoms with Gasteiger partial charge in [0.1, 0.15) is 6.04 Å². The fraction of sp³-hybridized carbons (Fsp3) is 0.267. The van der Waals surface area contributed by atoms with E-state index in [-0.39, 0.29) is 12.1 Å². The summed E-state index contributed by atoms with van der Waals surface area (Å²) in [5.74, 6) is 0.771. The van der Waals surface area contributed by atoms with Gasteiger partial charge in [-0.2, -0.15) is 0 Å². The SMILES string of the molecule is CC1CCN(c2ccc(N3C(=S)N[C@H](c4ccccn4)[C@@H]3c3cccn3-c3ccccc3)cc2Cl)CC1. The number of pyridine rings is 1. The molecule has 188 valence electrons. The summed E-state index contributed by atoms with van der Waals surface area (Å²) in [6.07, 6.45) is 6.33. The molecule has 0 amide bonds. The normalized spacial score (nSPS) is 20.3. The molecule has 2 aromatic heterocycles. The summed E-state index contributed by atoms with van der Waals surface area (Å²) >= 11 is 12.9. The Balaban J connectivity index is 1.42. The fourth-order valence-electron chi connectivity index (χ4n) is 5.54. The Kier molecular flexibility index (Phi) is 6.61. The molecule has 0 radical (unpaired) electrons. The van der Waals surface area contributed by atoms with Gasteiger partial charge in [0.05, 0.1) is 22.4 Å². The lowest BCUT2D eigenvalue weighted by atomic mass is 9.98. The first-order chi connectivity index (χ1) is 18.1. The summed E-state index contributed by atoms with van der Waals surface area (Å²) in [6.45, 7) is 4.41. The van der Waals surface area contributed by atoms with Crippen LogP contribution < -0.4 is 15.1 Å². The molecule has 2 atom stereocenters. The maximum absolute atomic E-state index is 6.93. The van der Waals surface area contributed by atoms with Crippen molar-refractivity contribution >= 4 is 40.3 Å². The molecule has 37 heavy (non-hydrogen) atoms. The van der Waals surface area contributed by atoms with Crippen LogP contribution in [0.3, 0.4) is 0 Å². The van der Waals surface area contributed by atoms with Gasteiger partial charge >= 0.3 is 0 Å². The molecule has 2 aromatic carbocycles. The Hall–Kier alpha value is -3.35. The van der Waals surface area contributed by atoms with E-state index in [1.165, 1.54) is 12.8 Å². The van der Waals surface area contributed by atoms with Gasteiger partial charge in [0.25, 0.3) is 0 Å². The highest BCUT2D eigenvalue weighted by Crippen LogP contribution is 2.44. The number of aromatic nitrogens is 2. The topological polar surface area (TPSA) is 36.3 Å². The van der Waals surface area contributed by atoms with Gasteiger partial charge in [0.15, 0.2) is 5.11 Å². The van der Waals surface area contributed by atoms with E-state index in [1.807, 2.05) is 24.4 Å². The van der Waals surface area contributed by atoms with Gasteiger partial charge in [0, 0.05) is 42.6 Å². The molecule has 1 N–H and O–H groups in total. The first-order valence-electron chi connectivity index (χ1n) is 12.9. The highest BCUT2D eigenvalue weighted by Gasteiger charge is 2.42. The van der Waals surface area contributed by atoms with Gasteiger partial charge in [-0.1, -0.05) is 42.8 Å². The van der Waals surface area contributed by atoms with Gasteiger partial charge in [-0.05, 0) is 85.6 Å². The first-order valence-corrected chi connectivity index (χ1v) is 13.7. The molecular formula is C30H30ClN5S. The number of anilines is 2. The number of nitrogens with one attached hydrogen (secondary N) is 1. The third-order valence-corrected chi connectivity index (χ3v) is 8.17. The van der Waals surface area contributed by atoms with Crippen LogP contribution in [0, 0.1) is 5.92 Å². The predicted molar refractivity (Wildman–Crippen MR) is 156 cm³/mol. The van der Waals surface area contributed by atoms with Crippen molar-refractivity contribution in [2.75, 3.05) is 22.9 Å². The minimum atomic E-state index is -0.118. The van der Waals surface area contributed by atoms with E-state index in [0.717, 1.165) is 52.5 Å². The van der Waals surface area contributed by atoms with Crippen LogP contribution in [0.15, 0.2) is 91.3 Å². The number of para-hydroxylation sites is 1. The molecule has 2 fully saturated rings. The van der Waals surface area contributed by atoms with E-state index in [0.29, 0.717) is 5.11 Å². The number of benzene rings is 2. The van der Waals surface area contributed by atoms with Crippen LogP contribution in [-0.4, -0.2) is 27.8 Å². The quantitative estimate of drug-likeness (QED) is 0.284. The molecule has 0 saturated carbocycles. The lowest BCUT2D eigenvalue weighted by Crippen LogP contribution is -2.33. The number of hydrogen-bond donors (Lipinski definition) is 1. The maximum atomic E-state index is 6.93. The van der Waals surface area contributed by atoms with Crippen LogP contribution in [0.25, 0.3) is 5.69 Å². The molecule has 0 bridgehead atoms. The largest absolute Gasteiger partial charge is 0.370 e. The van der Waals surface area contributed by atoms with E-state index >= 15 is 0 Å². The van der Waals surface area contributed by atoms with Gasteiger partial charge in [-0.3, -0.25) is 4.98 Å². The summed E-state index contributed by atoms with van der Waals surface area (Å²) in [7, 11) is 0. The molecule has 2 aliphatic heterocycles. The third-order valence-electron chi connectivity index (χ3n) is 7.55. The van der Waals surface area contributed by atoms with Crippen molar-refractivity contribution in [1.82, 2.24) is 14.9 Å². The van der Waals surface area contributed by atoms with Crippen molar-refractivity contribution in [3.63, 3.8) is 0 Å². The van der Waals surface area contributed by atoms with Gasteiger partial charge < -0.3 is 19.7 Å². The predicted octanol–water partition coefficient (Wildman–Crippen LogP) is 6.94. The van der Waals surface area contributed by atoms with Crippen LogP contribution in [0.4, 0.5) is 11.4 Å². The van der Waals surface area contributed by atoms with Crippen molar-refractivity contribution in [3.8, 4) is 5.69 Å². The van der Waals surface area contributed by atoms with Crippen molar-refractivity contribution in [3.05, 3.63) is 108 Å². The zero-order chi connectivity index (χ0) is 25.4. The second-order valence-corrected chi connectivity index (χ2v) is 10.7. The van der Waals surface area contributed by atoms with Crippen LogP contribution in [0.1, 0.15) is 43.2 Å². The Labute approximate surface area is 228 Å². The molecule has 2 aliphatic rings. The molecule has 4 heterocycles. The second kappa shape index (κ2) is 10.2. The summed E-state index contributed by atoms with van der Waals surface area (Å²) in [5.41, 5.74) is 5.25. The Morgan fingerprint density at radius 1 is 0.919 bits per heavy atom. The smallest absolute Gasteiger partial charge is 0.174 e. The minimum absolute atomic E-state index is 0.115. The van der Waals surface area contributed by atoms with Crippen molar-refractivity contribution in [2.24, 2.45) is 5.92 Å².